The zero-order chi connectivity index (χ0) is 15.4. The molecule has 6 nitrogen and oxygen atoms in total. The number of carbonyl (C=O) groups is 2. The predicted molar refractivity (Wildman–Crippen MR) is 76.1 cm³/mol. The lowest BCUT2D eigenvalue weighted by atomic mass is 10.1. The molecule has 1 saturated heterocycles. The lowest BCUT2D eigenvalue weighted by Gasteiger charge is -2.32. The molecule has 21 heavy (non-hydrogen) atoms. The van der Waals surface area contributed by atoms with Gasteiger partial charge in [-0.3, -0.25) is 4.79 Å². The van der Waals surface area contributed by atoms with Crippen molar-refractivity contribution >= 4 is 17.6 Å². The summed E-state index contributed by atoms with van der Waals surface area (Å²) in [5.74, 6) is -1.39. The molecular weight excluding hydrogens is 274 g/mol. The topological polar surface area (TPSA) is 84.9 Å². The van der Waals surface area contributed by atoms with Gasteiger partial charge in [0.15, 0.2) is 0 Å². The average molecular weight is 293 g/mol. The summed E-state index contributed by atoms with van der Waals surface area (Å²) in [7, 11) is 0. The predicted octanol–water partition coefficient (Wildman–Crippen LogP) is 2.25. The number of rotatable bonds is 4. The lowest BCUT2D eigenvalue weighted by Crippen LogP contribution is -2.43. The maximum atomic E-state index is 12.1. The van der Waals surface area contributed by atoms with Crippen LogP contribution in [0.1, 0.15) is 37.0 Å². The zero-order valence-corrected chi connectivity index (χ0v) is 12.0. The number of amides is 1. The Morgan fingerprint density at radius 3 is 2.52 bits per heavy atom. The van der Waals surface area contributed by atoms with Crippen LogP contribution in [0.4, 0.5) is 5.69 Å². The van der Waals surface area contributed by atoms with Gasteiger partial charge in [0.2, 0.25) is 6.29 Å². The summed E-state index contributed by atoms with van der Waals surface area (Å²) < 4.78 is 11.1. The molecule has 0 bridgehead atoms. The minimum absolute atomic E-state index is 0.0129. The number of carboxylic acids is 1. The smallest absolute Gasteiger partial charge is 0.335 e. The molecule has 1 aromatic carbocycles. The highest BCUT2D eigenvalue weighted by molar-refractivity contribution is 5.94. The number of aromatic carboxylic acids is 1. The number of anilines is 1. The molecule has 1 aliphatic rings. The van der Waals surface area contributed by atoms with Crippen LogP contribution in [0.5, 0.6) is 0 Å². The third-order valence-corrected chi connectivity index (χ3v) is 3.34. The van der Waals surface area contributed by atoms with E-state index in [1.54, 1.807) is 0 Å². The van der Waals surface area contributed by atoms with Crippen molar-refractivity contribution in [1.29, 1.82) is 0 Å². The van der Waals surface area contributed by atoms with Crippen LogP contribution in [0, 0.1) is 0 Å². The van der Waals surface area contributed by atoms with Gasteiger partial charge in [0.25, 0.3) is 5.91 Å². The number of nitrogens with one attached hydrogen (secondary N) is 1. The Morgan fingerprint density at radius 1 is 1.29 bits per heavy atom. The summed E-state index contributed by atoms with van der Waals surface area (Å²) >= 11 is 0. The normalized spacial score (nSPS) is 25.3. The fourth-order valence-corrected chi connectivity index (χ4v) is 2.18. The molecule has 2 rings (SSSR count). The van der Waals surface area contributed by atoms with Crippen LogP contribution >= 0.6 is 0 Å². The van der Waals surface area contributed by atoms with Gasteiger partial charge >= 0.3 is 5.97 Å². The van der Waals surface area contributed by atoms with Crippen molar-refractivity contribution < 1.29 is 24.2 Å². The third kappa shape index (κ3) is 4.03. The van der Waals surface area contributed by atoms with Crippen molar-refractivity contribution in [1.82, 2.24) is 0 Å². The maximum Gasteiger partial charge on any atom is 0.335 e. The SMILES string of the molecule is CCC1CC(C)OC(C(=O)Nc2ccc(C(=O)O)cc2)O1. The van der Waals surface area contributed by atoms with Crippen LogP contribution in [0.3, 0.4) is 0 Å². The number of hydrogen-bond donors (Lipinski definition) is 2. The Morgan fingerprint density at radius 2 is 1.95 bits per heavy atom. The molecule has 1 amide bonds. The summed E-state index contributed by atoms with van der Waals surface area (Å²) in [6, 6.07) is 5.92. The molecule has 3 unspecified atom stereocenters. The van der Waals surface area contributed by atoms with Crippen LogP contribution in [-0.4, -0.2) is 35.5 Å². The van der Waals surface area contributed by atoms with E-state index in [-0.39, 0.29) is 23.7 Å². The molecule has 6 heteroatoms. The molecule has 1 aromatic rings. The van der Waals surface area contributed by atoms with E-state index in [9.17, 15) is 9.59 Å². The van der Waals surface area contributed by atoms with Crippen molar-refractivity contribution in [2.75, 3.05) is 5.32 Å². The van der Waals surface area contributed by atoms with Gasteiger partial charge in [0, 0.05) is 5.69 Å². The second-order valence-corrected chi connectivity index (χ2v) is 5.05. The molecule has 3 atom stereocenters. The number of benzene rings is 1. The molecule has 0 aromatic heterocycles. The van der Waals surface area contributed by atoms with Gasteiger partial charge < -0.3 is 19.9 Å². The van der Waals surface area contributed by atoms with Crippen molar-refractivity contribution in [2.24, 2.45) is 0 Å². The second-order valence-electron chi connectivity index (χ2n) is 5.05. The van der Waals surface area contributed by atoms with Crippen LogP contribution < -0.4 is 5.32 Å². The molecule has 1 fully saturated rings. The summed E-state index contributed by atoms with van der Waals surface area (Å²) in [5, 5.41) is 11.5. The maximum absolute atomic E-state index is 12.1. The first-order chi connectivity index (χ1) is 9.99. The Balaban J connectivity index is 1.98. The van der Waals surface area contributed by atoms with E-state index in [2.05, 4.69) is 5.32 Å². The fourth-order valence-electron chi connectivity index (χ4n) is 2.18. The zero-order valence-electron chi connectivity index (χ0n) is 12.0. The Hall–Kier alpha value is -1.92. The summed E-state index contributed by atoms with van der Waals surface area (Å²) in [5.41, 5.74) is 0.668. The Labute approximate surface area is 123 Å². The van der Waals surface area contributed by atoms with Crippen molar-refractivity contribution in [3.05, 3.63) is 29.8 Å². The molecule has 0 spiro atoms. The summed E-state index contributed by atoms with van der Waals surface area (Å²) in [6.45, 7) is 3.91. The van der Waals surface area contributed by atoms with Gasteiger partial charge in [-0.1, -0.05) is 6.92 Å². The van der Waals surface area contributed by atoms with Gasteiger partial charge in [-0.15, -0.1) is 0 Å². The highest BCUT2D eigenvalue weighted by atomic mass is 16.7. The van der Waals surface area contributed by atoms with E-state index < -0.39 is 12.3 Å². The van der Waals surface area contributed by atoms with Crippen LogP contribution in [-0.2, 0) is 14.3 Å². The number of hydrogen-bond acceptors (Lipinski definition) is 4. The van der Waals surface area contributed by atoms with Gasteiger partial charge in [-0.05, 0) is 44.0 Å². The van der Waals surface area contributed by atoms with Crippen molar-refractivity contribution in [2.45, 2.75) is 45.2 Å². The van der Waals surface area contributed by atoms with Gasteiger partial charge in [-0.25, -0.2) is 4.79 Å². The lowest BCUT2D eigenvalue weighted by molar-refractivity contribution is -0.230. The van der Waals surface area contributed by atoms with E-state index in [0.29, 0.717) is 5.69 Å². The number of carboxylic acid groups (broad SMARTS) is 1. The minimum Gasteiger partial charge on any atom is -0.478 e. The van der Waals surface area contributed by atoms with Crippen LogP contribution in [0.25, 0.3) is 0 Å². The monoisotopic (exact) mass is 293 g/mol. The minimum atomic E-state index is -1.01. The third-order valence-electron chi connectivity index (χ3n) is 3.34. The summed E-state index contributed by atoms with van der Waals surface area (Å²) in [6.07, 6.45) is 0.642. The Bertz CT molecular complexity index is 513. The average Bonchev–Trinajstić information content (AvgIpc) is 2.47. The van der Waals surface area contributed by atoms with Crippen molar-refractivity contribution in [3.8, 4) is 0 Å². The second kappa shape index (κ2) is 6.69. The number of carbonyl (C=O) groups excluding carboxylic acids is 1. The molecule has 114 valence electrons. The molecular formula is C15H19NO5. The highest BCUT2D eigenvalue weighted by Gasteiger charge is 2.31. The quantitative estimate of drug-likeness (QED) is 0.889. The fraction of sp³-hybridized carbons (Fsp3) is 0.467. The van der Waals surface area contributed by atoms with Gasteiger partial charge in [0.05, 0.1) is 17.8 Å². The van der Waals surface area contributed by atoms with E-state index in [1.807, 2.05) is 13.8 Å². The largest absolute Gasteiger partial charge is 0.478 e. The van der Waals surface area contributed by atoms with Crippen molar-refractivity contribution in [3.63, 3.8) is 0 Å². The van der Waals surface area contributed by atoms with Gasteiger partial charge in [-0.2, -0.15) is 0 Å². The molecule has 2 N–H and O–H groups in total. The van der Waals surface area contributed by atoms with E-state index in [0.717, 1.165) is 12.8 Å². The molecule has 1 heterocycles. The first-order valence-electron chi connectivity index (χ1n) is 6.94. The molecule has 0 saturated carbocycles. The van der Waals surface area contributed by atoms with E-state index in [1.165, 1.54) is 24.3 Å². The van der Waals surface area contributed by atoms with Gasteiger partial charge in [0.1, 0.15) is 0 Å². The van der Waals surface area contributed by atoms with Crippen LogP contribution in [0.15, 0.2) is 24.3 Å². The standard InChI is InChI=1S/C15H19NO5/c1-3-12-8-9(2)20-15(21-12)13(17)16-11-6-4-10(5-7-11)14(18)19/h4-7,9,12,15H,3,8H2,1-2H3,(H,16,17)(H,18,19). The highest BCUT2D eigenvalue weighted by Crippen LogP contribution is 2.21. The Kier molecular flexibility index (Phi) is 4.93. The first kappa shape index (κ1) is 15.5. The first-order valence-corrected chi connectivity index (χ1v) is 6.94. The molecule has 0 aliphatic carbocycles. The number of ether oxygens (including phenoxy) is 2. The van der Waals surface area contributed by atoms with E-state index in [4.69, 9.17) is 14.6 Å². The van der Waals surface area contributed by atoms with E-state index >= 15 is 0 Å². The molecule has 0 radical (unpaired) electrons. The molecule has 1 aliphatic heterocycles. The summed E-state index contributed by atoms with van der Waals surface area (Å²) in [4.78, 5) is 22.9. The van der Waals surface area contributed by atoms with Crippen LogP contribution in [0.2, 0.25) is 0 Å².